The van der Waals surface area contributed by atoms with Crippen LogP contribution in [-0.4, -0.2) is 21.9 Å². The largest absolute Gasteiger partial charge is 0.382 e. The van der Waals surface area contributed by atoms with Crippen LogP contribution in [0.2, 0.25) is 0 Å². The highest BCUT2D eigenvalue weighted by atomic mass is 32.1. The molecule has 0 aromatic carbocycles. The first-order valence-corrected chi connectivity index (χ1v) is 8.49. The summed E-state index contributed by atoms with van der Waals surface area (Å²) in [6.07, 6.45) is 0. The molecule has 2 aromatic rings. The maximum atomic E-state index is 6.09. The Kier molecular flexibility index (Phi) is 4.65. The second-order valence-corrected chi connectivity index (χ2v) is 7.45. The van der Waals surface area contributed by atoms with Gasteiger partial charge in [0.15, 0.2) is 0 Å². The monoisotopic (exact) mass is 310 g/mol. The van der Waals surface area contributed by atoms with Crippen LogP contribution < -0.4 is 10.6 Å². The fraction of sp³-hybridized carbons (Fsp3) is 0.571. The third kappa shape index (κ3) is 3.12. The molecule has 0 radical (unpaired) electrons. The molecule has 0 saturated carbocycles. The van der Waals surface area contributed by atoms with Crippen LogP contribution in [0, 0.1) is 12.8 Å². The predicted molar refractivity (Wildman–Crippen MR) is 89.7 cm³/mol. The number of hydrogen-bond donors (Lipinski definition) is 1. The van der Waals surface area contributed by atoms with Gasteiger partial charge in [0.2, 0.25) is 0 Å². The van der Waals surface area contributed by atoms with E-state index in [2.05, 4.69) is 47.3 Å². The van der Waals surface area contributed by atoms with Crippen molar-refractivity contribution in [1.29, 1.82) is 0 Å². The maximum Gasteiger partial charge on any atom is 0.148 e. The number of hydrogen-bond acceptors (Lipinski definition) is 6. The first kappa shape index (κ1) is 15.3. The Hall–Kier alpha value is -1.14. The summed E-state index contributed by atoms with van der Waals surface area (Å²) in [6, 6.07) is 0.413. The molecular weight excluding hydrogens is 288 g/mol. The summed E-state index contributed by atoms with van der Waals surface area (Å²) in [7, 11) is 0. The third-order valence-electron chi connectivity index (χ3n) is 3.02. The van der Waals surface area contributed by atoms with Crippen molar-refractivity contribution in [2.45, 2.75) is 40.7 Å². The Morgan fingerprint density at radius 1 is 1.30 bits per heavy atom. The van der Waals surface area contributed by atoms with E-state index in [9.17, 15) is 0 Å². The van der Waals surface area contributed by atoms with Crippen molar-refractivity contribution in [3.05, 3.63) is 10.4 Å². The average molecular weight is 310 g/mol. The molecule has 0 unspecified atom stereocenters. The summed E-state index contributed by atoms with van der Waals surface area (Å²) in [4.78, 5) is 6.95. The van der Waals surface area contributed by atoms with Gasteiger partial charge in [0.25, 0.3) is 0 Å². The minimum atomic E-state index is 0.413. The van der Waals surface area contributed by atoms with Crippen LogP contribution in [-0.2, 0) is 0 Å². The Morgan fingerprint density at radius 3 is 2.50 bits per heavy atom. The third-order valence-corrected chi connectivity index (χ3v) is 4.69. The Labute approximate surface area is 128 Å². The zero-order valence-electron chi connectivity index (χ0n) is 12.7. The molecule has 0 fully saturated rings. The molecule has 0 bridgehead atoms. The first-order chi connectivity index (χ1) is 9.40. The molecule has 0 aliphatic heterocycles. The smallest absolute Gasteiger partial charge is 0.148 e. The van der Waals surface area contributed by atoms with Gasteiger partial charge in [0.1, 0.15) is 10.8 Å². The summed E-state index contributed by atoms with van der Waals surface area (Å²) in [5.41, 5.74) is 8.03. The van der Waals surface area contributed by atoms with Gasteiger partial charge in [-0.2, -0.15) is 4.37 Å². The van der Waals surface area contributed by atoms with Crippen LogP contribution in [0.25, 0.3) is 11.3 Å². The lowest BCUT2D eigenvalue weighted by Gasteiger charge is -2.29. The van der Waals surface area contributed by atoms with E-state index >= 15 is 0 Å². The van der Waals surface area contributed by atoms with Crippen LogP contribution in [0.5, 0.6) is 0 Å². The van der Waals surface area contributed by atoms with Gasteiger partial charge < -0.3 is 10.6 Å². The van der Waals surface area contributed by atoms with E-state index in [-0.39, 0.29) is 0 Å². The second kappa shape index (κ2) is 6.10. The van der Waals surface area contributed by atoms with E-state index in [1.165, 1.54) is 11.5 Å². The molecule has 4 nitrogen and oxygen atoms in total. The summed E-state index contributed by atoms with van der Waals surface area (Å²) in [6.45, 7) is 11.9. The Balaban J connectivity index is 2.46. The van der Waals surface area contributed by atoms with Gasteiger partial charge in [-0.25, -0.2) is 4.98 Å². The molecule has 110 valence electrons. The van der Waals surface area contributed by atoms with Gasteiger partial charge in [0, 0.05) is 18.0 Å². The zero-order chi connectivity index (χ0) is 14.9. The Bertz CT molecular complexity index is 571. The number of aryl methyl sites for hydroxylation is 1. The van der Waals surface area contributed by atoms with Gasteiger partial charge in [0.05, 0.1) is 16.3 Å². The maximum absolute atomic E-state index is 6.09. The average Bonchev–Trinajstić information content (AvgIpc) is 2.91. The highest BCUT2D eigenvalue weighted by molar-refractivity contribution is 7.11. The molecule has 2 heterocycles. The highest BCUT2D eigenvalue weighted by Gasteiger charge is 2.23. The van der Waals surface area contributed by atoms with E-state index in [1.807, 2.05) is 6.92 Å². The molecule has 0 amide bonds. The molecule has 0 aliphatic carbocycles. The number of aromatic nitrogens is 2. The van der Waals surface area contributed by atoms with Crippen LogP contribution in [0.4, 0.5) is 10.8 Å². The minimum Gasteiger partial charge on any atom is -0.382 e. The number of thiazole rings is 1. The van der Waals surface area contributed by atoms with Crippen molar-refractivity contribution in [2.75, 3.05) is 17.2 Å². The van der Waals surface area contributed by atoms with E-state index in [4.69, 9.17) is 5.73 Å². The second-order valence-electron chi connectivity index (χ2n) is 5.64. The Morgan fingerprint density at radius 2 is 2.00 bits per heavy atom. The molecule has 2 N–H and O–H groups in total. The fourth-order valence-electron chi connectivity index (χ4n) is 2.13. The van der Waals surface area contributed by atoms with E-state index in [1.54, 1.807) is 11.3 Å². The molecule has 2 rings (SSSR count). The zero-order valence-corrected chi connectivity index (χ0v) is 14.3. The number of nitrogens with zero attached hydrogens (tertiary/aromatic N) is 3. The molecule has 6 heteroatoms. The van der Waals surface area contributed by atoms with Crippen molar-refractivity contribution in [3.8, 4) is 11.3 Å². The van der Waals surface area contributed by atoms with E-state index < -0.39 is 0 Å². The molecule has 20 heavy (non-hydrogen) atoms. The lowest BCUT2D eigenvalue weighted by atomic mass is 10.1. The van der Waals surface area contributed by atoms with E-state index in [0.29, 0.717) is 17.8 Å². The van der Waals surface area contributed by atoms with Crippen molar-refractivity contribution in [2.24, 2.45) is 5.92 Å². The quantitative estimate of drug-likeness (QED) is 0.906. The lowest BCUT2D eigenvalue weighted by Crippen LogP contribution is -2.33. The summed E-state index contributed by atoms with van der Waals surface area (Å²) in [5, 5.41) is 4.25. The van der Waals surface area contributed by atoms with Crippen LogP contribution in [0.3, 0.4) is 0 Å². The van der Waals surface area contributed by atoms with Gasteiger partial charge in [-0.05, 0) is 38.2 Å². The SMILES string of the molecule is Cc1nc(-c2c(N)nsc2N(CC(C)C)C(C)C)cs1. The van der Waals surface area contributed by atoms with Gasteiger partial charge >= 0.3 is 0 Å². The van der Waals surface area contributed by atoms with E-state index in [0.717, 1.165) is 27.8 Å². The van der Waals surface area contributed by atoms with Crippen LogP contribution in [0.1, 0.15) is 32.7 Å². The topological polar surface area (TPSA) is 55.0 Å². The molecule has 0 saturated heterocycles. The normalized spacial score (nSPS) is 11.6. The number of rotatable bonds is 5. The number of anilines is 2. The van der Waals surface area contributed by atoms with Crippen molar-refractivity contribution in [1.82, 2.24) is 9.36 Å². The van der Waals surface area contributed by atoms with Crippen LogP contribution >= 0.6 is 22.9 Å². The van der Waals surface area contributed by atoms with Gasteiger partial charge in [-0.15, -0.1) is 11.3 Å². The summed E-state index contributed by atoms with van der Waals surface area (Å²) < 4.78 is 4.36. The molecular formula is C14H22N4S2. The summed E-state index contributed by atoms with van der Waals surface area (Å²) in [5.74, 6) is 1.18. The molecule has 0 aliphatic rings. The predicted octanol–water partition coefficient (Wildman–Crippen LogP) is 4.03. The standard InChI is InChI=1S/C14H22N4S2/c1-8(2)6-18(9(3)4)14-12(13(15)17-20-14)11-7-19-10(5)16-11/h7-9H,6H2,1-5H3,(H2,15,17). The summed E-state index contributed by atoms with van der Waals surface area (Å²) >= 11 is 3.12. The van der Waals surface area contributed by atoms with Crippen molar-refractivity contribution < 1.29 is 0 Å². The number of nitrogens with two attached hydrogens (primary N) is 1. The van der Waals surface area contributed by atoms with Gasteiger partial charge in [-0.1, -0.05) is 13.8 Å². The molecule has 2 aromatic heterocycles. The van der Waals surface area contributed by atoms with Crippen molar-refractivity contribution in [3.63, 3.8) is 0 Å². The van der Waals surface area contributed by atoms with Crippen molar-refractivity contribution >= 4 is 33.7 Å². The fourth-order valence-corrected chi connectivity index (χ4v) is 3.70. The van der Waals surface area contributed by atoms with Crippen LogP contribution in [0.15, 0.2) is 5.38 Å². The lowest BCUT2D eigenvalue weighted by molar-refractivity contribution is 0.574. The number of nitrogen functional groups attached to an aromatic ring is 1. The first-order valence-electron chi connectivity index (χ1n) is 6.84. The molecule has 0 atom stereocenters. The molecule has 0 spiro atoms. The van der Waals surface area contributed by atoms with Gasteiger partial charge in [-0.3, -0.25) is 0 Å². The minimum absolute atomic E-state index is 0.413. The highest BCUT2D eigenvalue weighted by Crippen LogP contribution is 2.40.